The molecule has 2 atom stereocenters. The number of carbonyl (C=O) groups excluding carboxylic acids is 1. The fourth-order valence-electron chi connectivity index (χ4n) is 2.78. The number of nitrogens with one attached hydrogen (secondary N) is 1. The Morgan fingerprint density at radius 3 is 2.83 bits per heavy atom. The van der Waals surface area contributed by atoms with Crippen molar-refractivity contribution < 1.29 is 4.79 Å². The van der Waals surface area contributed by atoms with Crippen molar-refractivity contribution >= 4 is 5.91 Å². The first kappa shape index (κ1) is 15.4. The number of amides is 1. The molecule has 0 aromatic heterocycles. The van der Waals surface area contributed by atoms with E-state index in [4.69, 9.17) is 5.73 Å². The molecule has 1 fully saturated rings. The lowest BCUT2D eigenvalue weighted by Crippen LogP contribution is -2.48. The van der Waals surface area contributed by atoms with Crippen LogP contribution in [0.5, 0.6) is 0 Å². The van der Waals surface area contributed by atoms with Gasteiger partial charge in [0.1, 0.15) is 0 Å². The Bertz CT molecular complexity index is 257. The zero-order valence-corrected chi connectivity index (χ0v) is 12.0. The number of nitrogens with zero attached hydrogens (tertiary/aromatic N) is 2. The molecule has 18 heavy (non-hydrogen) atoms. The maximum Gasteiger partial charge on any atom is 0.221 e. The third-order valence-corrected chi connectivity index (χ3v) is 3.53. The standard InChI is InChI=1S/C13H28N4O/c1-4-15-13(18)8-12(9-14)17-7-5-6-11(17)10-16(2)3/h11-12H,4-10,14H2,1-3H3,(H,15,18). The molecule has 5 heteroatoms. The first-order chi connectivity index (χ1) is 8.58. The van der Waals surface area contributed by atoms with Crippen molar-refractivity contribution in [1.82, 2.24) is 15.1 Å². The third kappa shape index (κ3) is 4.55. The van der Waals surface area contributed by atoms with Crippen LogP contribution in [-0.2, 0) is 4.79 Å². The van der Waals surface area contributed by atoms with Crippen LogP contribution >= 0.6 is 0 Å². The minimum atomic E-state index is 0.114. The molecule has 1 aliphatic rings. The Morgan fingerprint density at radius 1 is 1.56 bits per heavy atom. The average Bonchev–Trinajstić information content (AvgIpc) is 2.73. The molecule has 0 aromatic rings. The summed E-state index contributed by atoms with van der Waals surface area (Å²) in [5.74, 6) is 0.114. The van der Waals surface area contributed by atoms with E-state index in [-0.39, 0.29) is 11.9 Å². The highest BCUT2D eigenvalue weighted by Gasteiger charge is 2.31. The number of likely N-dealkylation sites (N-methyl/N-ethyl adjacent to an activating group) is 1. The second-order valence-corrected chi connectivity index (χ2v) is 5.34. The van der Waals surface area contributed by atoms with E-state index in [2.05, 4.69) is 29.2 Å². The highest BCUT2D eigenvalue weighted by molar-refractivity contribution is 5.76. The molecule has 1 aliphatic heterocycles. The SMILES string of the molecule is CCNC(=O)CC(CN)N1CCCC1CN(C)C. The predicted octanol–water partition coefficient (Wildman–Crippen LogP) is -0.134. The van der Waals surface area contributed by atoms with Crippen molar-refractivity contribution in [2.45, 2.75) is 38.3 Å². The van der Waals surface area contributed by atoms with Gasteiger partial charge in [-0.2, -0.15) is 0 Å². The van der Waals surface area contributed by atoms with Crippen molar-refractivity contribution in [3.63, 3.8) is 0 Å². The van der Waals surface area contributed by atoms with E-state index in [0.29, 0.717) is 25.6 Å². The van der Waals surface area contributed by atoms with E-state index in [1.165, 1.54) is 12.8 Å². The summed E-state index contributed by atoms with van der Waals surface area (Å²) in [6.45, 7) is 5.31. The molecule has 0 radical (unpaired) electrons. The maximum absolute atomic E-state index is 11.7. The summed E-state index contributed by atoms with van der Waals surface area (Å²) >= 11 is 0. The Balaban J connectivity index is 2.54. The number of rotatable bonds is 7. The van der Waals surface area contributed by atoms with Crippen LogP contribution in [0.25, 0.3) is 0 Å². The van der Waals surface area contributed by atoms with Crippen LogP contribution in [0.1, 0.15) is 26.2 Å². The molecule has 0 bridgehead atoms. The van der Waals surface area contributed by atoms with Gasteiger partial charge in [0, 0.05) is 38.1 Å². The Kier molecular flexibility index (Phi) is 6.60. The average molecular weight is 256 g/mol. The van der Waals surface area contributed by atoms with Crippen molar-refractivity contribution in [3.05, 3.63) is 0 Å². The molecule has 1 rings (SSSR count). The monoisotopic (exact) mass is 256 g/mol. The molecule has 106 valence electrons. The zero-order chi connectivity index (χ0) is 13.5. The van der Waals surface area contributed by atoms with Crippen LogP contribution in [0.2, 0.25) is 0 Å². The lowest BCUT2D eigenvalue weighted by molar-refractivity contribution is -0.122. The first-order valence-corrected chi connectivity index (χ1v) is 6.95. The quantitative estimate of drug-likeness (QED) is 0.666. The summed E-state index contributed by atoms with van der Waals surface area (Å²) in [6, 6.07) is 0.729. The van der Waals surface area contributed by atoms with Crippen LogP contribution in [0.15, 0.2) is 0 Å². The number of hydrogen-bond donors (Lipinski definition) is 2. The van der Waals surface area contributed by atoms with E-state index >= 15 is 0 Å². The maximum atomic E-state index is 11.7. The molecule has 3 N–H and O–H groups in total. The zero-order valence-electron chi connectivity index (χ0n) is 12.0. The summed E-state index contributed by atoms with van der Waals surface area (Å²) in [5, 5.41) is 2.86. The number of hydrogen-bond acceptors (Lipinski definition) is 4. The minimum Gasteiger partial charge on any atom is -0.356 e. The molecule has 5 nitrogen and oxygen atoms in total. The van der Waals surface area contributed by atoms with Gasteiger partial charge in [-0.3, -0.25) is 9.69 Å². The van der Waals surface area contributed by atoms with Crippen LogP contribution in [-0.4, -0.2) is 68.1 Å². The minimum absolute atomic E-state index is 0.114. The van der Waals surface area contributed by atoms with Gasteiger partial charge >= 0.3 is 0 Å². The lowest BCUT2D eigenvalue weighted by Gasteiger charge is -2.33. The van der Waals surface area contributed by atoms with E-state index in [1.807, 2.05) is 6.92 Å². The van der Waals surface area contributed by atoms with Crippen molar-refractivity contribution in [2.75, 3.05) is 40.3 Å². The summed E-state index contributed by atoms with van der Waals surface area (Å²) in [4.78, 5) is 16.3. The van der Waals surface area contributed by atoms with Crippen LogP contribution in [0, 0.1) is 0 Å². The van der Waals surface area contributed by atoms with Gasteiger partial charge in [0.05, 0.1) is 0 Å². The normalized spacial score (nSPS) is 22.4. The Morgan fingerprint density at radius 2 is 2.28 bits per heavy atom. The van der Waals surface area contributed by atoms with Crippen molar-refractivity contribution in [3.8, 4) is 0 Å². The van der Waals surface area contributed by atoms with Gasteiger partial charge < -0.3 is 16.0 Å². The molecule has 1 saturated heterocycles. The predicted molar refractivity (Wildman–Crippen MR) is 74.4 cm³/mol. The van der Waals surface area contributed by atoms with E-state index in [0.717, 1.165) is 13.1 Å². The highest BCUT2D eigenvalue weighted by Crippen LogP contribution is 2.21. The van der Waals surface area contributed by atoms with Crippen molar-refractivity contribution in [1.29, 1.82) is 0 Å². The molecule has 0 aliphatic carbocycles. The summed E-state index contributed by atoms with van der Waals surface area (Å²) < 4.78 is 0. The Labute approximate surface area is 111 Å². The summed E-state index contributed by atoms with van der Waals surface area (Å²) in [6.07, 6.45) is 2.95. The summed E-state index contributed by atoms with van der Waals surface area (Å²) in [5.41, 5.74) is 5.85. The third-order valence-electron chi connectivity index (χ3n) is 3.53. The van der Waals surface area contributed by atoms with Gasteiger partial charge in [0.15, 0.2) is 0 Å². The molecule has 0 spiro atoms. The van der Waals surface area contributed by atoms with Crippen LogP contribution in [0.4, 0.5) is 0 Å². The Hall–Kier alpha value is -0.650. The smallest absolute Gasteiger partial charge is 0.221 e. The number of carbonyl (C=O) groups is 1. The van der Waals surface area contributed by atoms with Gasteiger partial charge in [-0.15, -0.1) is 0 Å². The van der Waals surface area contributed by atoms with Crippen molar-refractivity contribution in [2.24, 2.45) is 5.73 Å². The molecule has 1 heterocycles. The fraction of sp³-hybridized carbons (Fsp3) is 0.923. The molecule has 0 saturated carbocycles. The van der Waals surface area contributed by atoms with E-state index in [1.54, 1.807) is 0 Å². The van der Waals surface area contributed by atoms with Gasteiger partial charge in [-0.1, -0.05) is 0 Å². The first-order valence-electron chi connectivity index (χ1n) is 6.95. The van der Waals surface area contributed by atoms with Gasteiger partial charge in [-0.05, 0) is 40.4 Å². The molecule has 0 aromatic carbocycles. The number of likely N-dealkylation sites (tertiary alicyclic amines) is 1. The largest absolute Gasteiger partial charge is 0.356 e. The fourth-order valence-corrected chi connectivity index (χ4v) is 2.78. The van der Waals surface area contributed by atoms with Gasteiger partial charge in [0.2, 0.25) is 5.91 Å². The van der Waals surface area contributed by atoms with Crippen LogP contribution < -0.4 is 11.1 Å². The van der Waals surface area contributed by atoms with Gasteiger partial charge in [0.25, 0.3) is 0 Å². The molecule has 2 unspecified atom stereocenters. The highest BCUT2D eigenvalue weighted by atomic mass is 16.1. The summed E-state index contributed by atoms with van der Waals surface area (Å²) in [7, 11) is 4.19. The molecule has 1 amide bonds. The molecular weight excluding hydrogens is 228 g/mol. The number of nitrogens with two attached hydrogens (primary N) is 1. The van der Waals surface area contributed by atoms with E-state index < -0.39 is 0 Å². The topological polar surface area (TPSA) is 61.6 Å². The lowest BCUT2D eigenvalue weighted by atomic mass is 10.1. The van der Waals surface area contributed by atoms with Gasteiger partial charge in [-0.25, -0.2) is 0 Å². The van der Waals surface area contributed by atoms with Crippen LogP contribution in [0.3, 0.4) is 0 Å². The second kappa shape index (κ2) is 7.71. The van der Waals surface area contributed by atoms with E-state index in [9.17, 15) is 4.79 Å². The molecular formula is C13H28N4O. The second-order valence-electron chi connectivity index (χ2n) is 5.34.